The number of hydrogen-bond donors (Lipinski definition) is 2. The number of sulfonamides is 1. The molecule has 1 aliphatic rings. The van der Waals surface area contributed by atoms with E-state index in [0.717, 1.165) is 0 Å². The number of hydrogen-bond acceptors (Lipinski definition) is 5. The largest absolute Gasteiger partial charge is 0.350 e. The van der Waals surface area contributed by atoms with E-state index in [1.165, 1.54) is 35.2 Å². The minimum Gasteiger partial charge on any atom is -0.350 e. The number of benzene rings is 2. The maximum absolute atomic E-state index is 13.0. The minimum atomic E-state index is -3.82. The van der Waals surface area contributed by atoms with Crippen molar-refractivity contribution in [3.8, 4) is 6.19 Å². The second-order valence-corrected chi connectivity index (χ2v) is 10.2. The van der Waals surface area contributed by atoms with Crippen LogP contribution < -0.4 is 10.0 Å². The SMILES string of the molecule is N#CN1C[C@H](NS(=O)(=O)c2cc(Br)ccc2Br)C[C@@H]1CNC(=O)c1ccc(F)cc1. The fourth-order valence-electron chi connectivity index (χ4n) is 3.20. The molecule has 0 unspecified atom stereocenters. The predicted molar refractivity (Wildman–Crippen MR) is 115 cm³/mol. The number of likely N-dealkylation sites (tertiary alicyclic amines) is 1. The van der Waals surface area contributed by atoms with E-state index in [1.807, 2.05) is 6.19 Å². The Balaban J connectivity index is 1.64. The second kappa shape index (κ2) is 9.43. The highest BCUT2D eigenvalue weighted by Crippen LogP contribution is 2.27. The molecule has 3 rings (SSSR count). The zero-order valence-corrected chi connectivity index (χ0v) is 19.5. The van der Waals surface area contributed by atoms with Crippen LogP contribution in [0.5, 0.6) is 0 Å². The average Bonchev–Trinajstić information content (AvgIpc) is 3.09. The van der Waals surface area contributed by atoms with Crippen LogP contribution in [0, 0.1) is 17.3 Å². The summed E-state index contributed by atoms with van der Waals surface area (Å²) in [5.74, 6) is -0.833. The molecule has 1 fully saturated rings. The van der Waals surface area contributed by atoms with Crippen LogP contribution >= 0.6 is 31.9 Å². The number of amides is 1. The molecule has 0 spiro atoms. The Hall–Kier alpha value is -2.00. The van der Waals surface area contributed by atoms with Crippen molar-refractivity contribution in [2.45, 2.75) is 23.4 Å². The van der Waals surface area contributed by atoms with E-state index in [9.17, 15) is 22.9 Å². The van der Waals surface area contributed by atoms with Gasteiger partial charge in [0.2, 0.25) is 10.0 Å². The quantitative estimate of drug-likeness (QED) is 0.530. The summed E-state index contributed by atoms with van der Waals surface area (Å²) in [7, 11) is -3.82. The smallest absolute Gasteiger partial charge is 0.251 e. The van der Waals surface area contributed by atoms with Gasteiger partial charge in [-0.25, -0.2) is 17.5 Å². The fraction of sp³-hybridized carbons (Fsp3) is 0.263. The van der Waals surface area contributed by atoms with Crippen molar-refractivity contribution in [2.75, 3.05) is 13.1 Å². The molecule has 0 bridgehead atoms. The standard InChI is InChI=1S/C19H17Br2FN4O3S/c20-13-3-6-17(21)18(7-13)30(28,29)25-15-8-16(26(10-15)11-23)9-24-19(27)12-1-4-14(22)5-2-12/h1-7,15-16,25H,8-10H2,(H,24,27)/t15-,16-/m1/s1. The van der Waals surface area contributed by atoms with Crippen LogP contribution in [-0.2, 0) is 10.0 Å². The van der Waals surface area contributed by atoms with Crippen molar-refractivity contribution in [1.29, 1.82) is 5.26 Å². The summed E-state index contributed by atoms with van der Waals surface area (Å²) < 4.78 is 42.2. The van der Waals surface area contributed by atoms with Crippen LogP contribution in [0.4, 0.5) is 4.39 Å². The summed E-state index contributed by atoms with van der Waals surface area (Å²) in [4.78, 5) is 13.7. The van der Waals surface area contributed by atoms with Crippen LogP contribution in [0.3, 0.4) is 0 Å². The molecule has 1 saturated heterocycles. The molecule has 1 aliphatic heterocycles. The van der Waals surface area contributed by atoms with Gasteiger partial charge in [-0.05, 0) is 64.8 Å². The summed E-state index contributed by atoms with van der Waals surface area (Å²) in [6.45, 7) is 0.348. The van der Waals surface area contributed by atoms with Gasteiger partial charge in [0.05, 0.1) is 10.9 Å². The van der Waals surface area contributed by atoms with Crippen LogP contribution in [0.25, 0.3) is 0 Å². The zero-order chi connectivity index (χ0) is 21.9. The lowest BCUT2D eigenvalue weighted by atomic mass is 10.1. The highest BCUT2D eigenvalue weighted by molar-refractivity contribution is 9.11. The molecule has 2 N–H and O–H groups in total. The average molecular weight is 560 g/mol. The normalized spacial score (nSPS) is 18.8. The number of carbonyl (C=O) groups is 1. The van der Waals surface area contributed by atoms with Gasteiger partial charge in [0.1, 0.15) is 5.82 Å². The first-order chi connectivity index (χ1) is 14.2. The third-order valence-electron chi connectivity index (χ3n) is 4.65. The van der Waals surface area contributed by atoms with Gasteiger partial charge in [-0.3, -0.25) is 4.79 Å². The van der Waals surface area contributed by atoms with Crippen LogP contribution in [0.15, 0.2) is 56.3 Å². The first-order valence-corrected chi connectivity index (χ1v) is 11.9. The first kappa shape index (κ1) is 22.7. The molecular weight excluding hydrogens is 543 g/mol. The maximum Gasteiger partial charge on any atom is 0.251 e. The van der Waals surface area contributed by atoms with Crippen molar-refractivity contribution in [3.05, 3.63) is 62.8 Å². The molecule has 7 nitrogen and oxygen atoms in total. The summed E-state index contributed by atoms with van der Waals surface area (Å²) in [5, 5.41) is 12.1. The molecule has 0 saturated carbocycles. The Morgan fingerprint density at radius 1 is 1.23 bits per heavy atom. The third kappa shape index (κ3) is 5.37. The summed E-state index contributed by atoms with van der Waals surface area (Å²) in [6, 6.07) is 9.10. The number of rotatable bonds is 6. The molecule has 2 aromatic rings. The van der Waals surface area contributed by atoms with Gasteiger partial charge in [-0.2, -0.15) is 5.26 Å². The van der Waals surface area contributed by atoms with Crippen molar-refractivity contribution < 1.29 is 17.6 Å². The minimum absolute atomic E-state index is 0.0912. The van der Waals surface area contributed by atoms with Crippen molar-refractivity contribution >= 4 is 47.8 Å². The van der Waals surface area contributed by atoms with E-state index in [0.29, 0.717) is 20.9 Å². The molecule has 0 aromatic heterocycles. The van der Waals surface area contributed by atoms with Gasteiger partial charge in [0.25, 0.3) is 5.91 Å². The van der Waals surface area contributed by atoms with E-state index in [2.05, 4.69) is 41.9 Å². The molecule has 30 heavy (non-hydrogen) atoms. The predicted octanol–water partition coefficient (Wildman–Crippen LogP) is 2.98. The lowest BCUT2D eigenvalue weighted by molar-refractivity contribution is 0.0945. The molecule has 0 aliphatic carbocycles. The summed E-state index contributed by atoms with van der Waals surface area (Å²) in [5.41, 5.74) is 0.301. The van der Waals surface area contributed by atoms with E-state index in [4.69, 9.17) is 0 Å². The Kier molecular flexibility index (Phi) is 7.13. The topological polar surface area (TPSA) is 102 Å². The van der Waals surface area contributed by atoms with Gasteiger partial charge in [-0.1, -0.05) is 15.9 Å². The lowest BCUT2D eigenvalue weighted by Crippen LogP contribution is -2.37. The number of nitriles is 1. The molecule has 0 radical (unpaired) electrons. The van der Waals surface area contributed by atoms with E-state index in [1.54, 1.807) is 12.1 Å². The van der Waals surface area contributed by atoms with Gasteiger partial charge >= 0.3 is 0 Å². The number of halogens is 3. The van der Waals surface area contributed by atoms with Crippen LogP contribution in [-0.4, -0.2) is 44.4 Å². The van der Waals surface area contributed by atoms with Crippen molar-refractivity contribution in [1.82, 2.24) is 14.9 Å². The van der Waals surface area contributed by atoms with Gasteiger partial charge < -0.3 is 10.2 Å². The van der Waals surface area contributed by atoms with Crippen molar-refractivity contribution in [3.63, 3.8) is 0 Å². The van der Waals surface area contributed by atoms with Crippen molar-refractivity contribution in [2.24, 2.45) is 0 Å². The van der Waals surface area contributed by atoms with Crippen LogP contribution in [0.2, 0.25) is 0 Å². The summed E-state index contributed by atoms with van der Waals surface area (Å²) in [6.07, 6.45) is 2.39. The van der Waals surface area contributed by atoms with E-state index < -0.39 is 27.8 Å². The Morgan fingerprint density at radius 2 is 1.93 bits per heavy atom. The zero-order valence-electron chi connectivity index (χ0n) is 15.5. The highest BCUT2D eigenvalue weighted by atomic mass is 79.9. The highest BCUT2D eigenvalue weighted by Gasteiger charge is 2.35. The van der Waals surface area contributed by atoms with Gasteiger partial charge in [-0.15, -0.1) is 0 Å². The number of nitrogens with zero attached hydrogens (tertiary/aromatic N) is 2. The Morgan fingerprint density at radius 3 is 2.60 bits per heavy atom. The molecule has 1 heterocycles. The molecule has 158 valence electrons. The van der Waals surface area contributed by atoms with Gasteiger partial charge in [0, 0.05) is 33.6 Å². The maximum atomic E-state index is 13.0. The second-order valence-electron chi connectivity index (χ2n) is 6.75. The number of nitrogens with one attached hydrogen (secondary N) is 2. The van der Waals surface area contributed by atoms with E-state index in [-0.39, 0.29) is 24.0 Å². The third-order valence-corrected chi connectivity index (χ3v) is 7.66. The molecule has 2 aromatic carbocycles. The Bertz CT molecular complexity index is 1090. The molecule has 1 amide bonds. The summed E-state index contributed by atoms with van der Waals surface area (Å²) >= 11 is 6.51. The Labute approximate surface area is 190 Å². The van der Waals surface area contributed by atoms with Gasteiger partial charge in [0.15, 0.2) is 6.19 Å². The molecular formula is C19H17Br2FN4O3S. The van der Waals surface area contributed by atoms with Crippen LogP contribution in [0.1, 0.15) is 16.8 Å². The van der Waals surface area contributed by atoms with E-state index >= 15 is 0 Å². The number of carbonyl (C=O) groups excluding carboxylic acids is 1. The fourth-order valence-corrected chi connectivity index (χ4v) is 5.94. The lowest BCUT2D eigenvalue weighted by Gasteiger charge is -2.18. The monoisotopic (exact) mass is 558 g/mol. The molecule has 2 atom stereocenters. The first-order valence-electron chi connectivity index (χ1n) is 8.87. The molecule has 11 heteroatoms.